The van der Waals surface area contributed by atoms with Crippen molar-refractivity contribution < 1.29 is 9.53 Å². The van der Waals surface area contributed by atoms with Gasteiger partial charge in [-0.3, -0.25) is 4.79 Å². The first-order valence-electron chi connectivity index (χ1n) is 4.44. The summed E-state index contributed by atoms with van der Waals surface area (Å²) in [6, 6.07) is 0. The first-order valence-corrected chi connectivity index (χ1v) is 4.44. The Morgan fingerprint density at radius 1 is 1.50 bits per heavy atom. The third kappa shape index (κ3) is 7.69. The van der Waals surface area contributed by atoms with E-state index in [1.807, 2.05) is 20.9 Å². The van der Waals surface area contributed by atoms with E-state index in [0.29, 0.717) is 6.42 Å². The van der Waals surface area contributed by atoms with E-state index in [0.717, 1.165) is 13.0 Å². The van der Waals surface area contributed by atoms with Crippen LogP contribution in [0, 0.1) is 0 Å². The highest BCUT2D eigenvalue weighted by molar-refractivity contribution is 5.79. The van der Waals surface area contributed by atoms with Crippen LogP contribution in [0.4, 0.5) is 0 Å². The van der Waals surface area contributed by atoms with Crippen LogP contribution in [0.2, 0.25) is 0 Å². The molecule has 0 heterocycles. The number of carbonyl (C=O) groups excluding carboxylic acids is 1. The minimum Gasteiger partial charge on any atom is -0.371 e. The second kappa shape index (κ2) is 7.25. The normalized spacial score (nSPS) is 10.7. The maximum absolute atomic E-state index is 11.1. The number of nitrogens with one attached hydrogen (secondary N) is 1. The first-order chi connectivity index (χ1) is 5.66. The minimum absolute atomic E-state index is 0.151. The monoisotopic (exact) mass is 173 g/mol. The fourth-order valence-electron chi connectivity index (χ4n) is 0.794. The summed E-state index contributed by atoms with van der Waals surface area (Å²) >= 11 is 0. The molecule has 12 heavy (non-hydrogen) atoms. The van der Waals surface area contributed by atoms with Crippen molar-refractivity contribution in [3.63, 3.8) is 0 Å². The molecule has 0 radical (unpaired) electrons. The second-order valence-electron chi connectivity index (χ2n) is 3.11. The molecule has 0 aromatic heterocycles. The van der Waals surface area contributed by atoms with Gasteiger partial charge in [-0.2, -0.15) is 0 Å². The van der Waals surface area contributed by atoms with Crippen LogP contribution < -0.4 is 5.32 Å². The van der Waals surface area contributed by atoms with Crippen LogP contribution in [0.5, 0.6) is 0 Å². The van der Waals surface area contributed by atoms with Gasteiger partial charge in [0.05, 0.1) is 6.10 Å². The van der Waals surface area contributed by atoms with Crippen molar-refractivity contribution in [1.29, 1.82) is 0 Å². The van der Waals surface area contributed by atoms with Gasteiger partial charge in [0.2, 0.25) is 0 Å². The smallest absolute Gasteiger partial charge is 0.158 e. The van der Waals surface area contributed by atoms with Crippen molar-refractivity contribution in [2.24, 2.45) is 0 Å². The van der Waals surface area contributed by atoms with Gasteiger partial charge in [-0.15, -0.1) is 0 Å². The Kier molecular flexibility index (Phi) is 7.00. The lowest BCUT2D eigenvalue weighted by atomic mass is 10.2. The molecule has 0 unspecified atom stereocenters. The number of hydrogen-bond donors (Lipinski definition) is 1. The summed E-state index contributed by atoms with van der Waals surface area (Å²) in [6.45, 7) is 5.02. The van der Waals surface area contributed by atoms with Crippen LogP contribution in [0.1, 0.15) is 26.7 Å². The average Bonchev–Trinajstić information content (AvgIpc) is 2.01. The maximum Gasteiger partial charge on any atom is 0.158 e. The predicted octanol–water partition coefficient (Wildman–Crippen LogP) is 0.980. The standard InChI is InChI=1S/C9H19NO2/c1-8(2)12-7-9(11)5-4-6-10-3/h8,10H,4-7H2,1-3H3. The van der Waals surface area contributed by atoms with Gasteiger partial charge in [0, 0.05) is 6.42 Å². The van der Waals surface area contributed by atoms with Crippen molar-refractivity contribution in [3.8, 4) is 0 Å². The fraction of sp³-hybridized carbons (Fsp3) is 0.889. The molecule has 3 nitrogen and oxygen atoms in total. The lowest BCUT2D eigenvalue weighted by Crippen LogP contribution is -2.15. The van der Waals surface area contributed by atoms with Crippen LogP contribution in [0.3, 0.4) is 0 Å². The summed E-state index contributed by atoms with van der Waals surface area (Å²) in [6.07, 6.45) is 1.67. The third-order valence-electron chi connectivity index (χ3n) is 1.46. The van der Waals surface area contributed by atoms with Gasteiger partial charge in [0.25, 0.3) is 0 Å². The van der Waals surface area contributed by atoms with Crippen LogP contribution in [-0.4, -0.2) is 32.1 Å². The summed E-state index contributed by atoms with van der Waals surface area (Å²) in [4.78, 5) is 11.1. The predicted molar refractivity (Wildman–Crippen MR) is 49.3 cm³/mol. The molecule has 0 fully saturated rings. The van der Waals surface area contributed by atoms with Crippen molar-refractivity contribution in [2.45, 2.75) is 32.8 Å². The van der Waals surface area contributed by atoms with Gasteiger partial charge in [-0.1, -0.05) is 0 Å². The summed E-state index contributed by atoms with van der Waals surface area (Å²) in [5.41, 5.74) is 0. The lowest BCUT2D eigenvalue weighted by Gasteiger charge is -2.05. The molecule has 0 spiro atoms. The summed E-state index contributed by atoms with van der Waals surface area (Å²) in [5, 5.41) is 2.99. The van der Waals surface area contributed by atoms with E-state index >= 15 is 0 Å². The molecule has 3 heteroatoms. The molecule has 0 aliphatic rings. The van der Waals surface area contributed by atoms with Crippen molar-refractivity contribution in [1.82, 2.24) is 5.32 Å². The molecule has 0 amide bonds. The van der Waals surface area contributed by atoms with Crippen LogP contribution >= 0.6 is 0 Å². The SMILES string of the molecule is CNCCCC(=O)COC(C)C. The number of Topliss-reactive ketones (excluding diaryl/α,β-unsaturated/α-hetero) is 1. The molecule has 0 saturated heterocycles. The Hall–Kier alpha value is -0.410. The maximum atomic E-state index is 11.1. The van der Waals surface area contributed by atoms with E-state index in [2.05, 4.69) is 5.32 Å². The average molecular weight is 173 g/mol. The molecule has 0 aliphatic carbocycles. The third-order valence-corrected chi connectivity index (χ3v) is 1.46. The molecule has 0 saturated carbocycles. The molecule has 0 aromatic rings. The molecule has 0 rings (SSSR count). The zero-order chi connectivity index (χ0) is 9.40. The molecular formula is C9H19NO2. The van der Waals surface area contributed by atoms with Crippen molar-refractivity contribution in [3.05, 3.63) is 0 Å². The number of ketones is 1. The van der Waals surface area contributed by atoms with Gasteiger partial charge in [0.15, 0.2) is 5.78 Å². The van der Waals surface area contributed by atoms with Crippen molar-refractivity contribution in [2.75, 3.05) is 20.2 Å². The minimum atomic E-state index is 0.151. The quantitative estimate of drug-likeness (QED) is 0.583. The fourth-order valence-corrected chi connectivity index (χ4v) is 0.794. The van der Waals surface area contributed by atoms with Crippen molar-refractivity contribution >= 4 is 5.78 Å². The Bertz CT molecular complexity index is 124. The van der Waals surface area contributed by atoms with Crippen LogP contribution in [0.15, 0.2) is 0 Å². The topological polar surface area (TPSA) is 38.3 Å². The highest BCUT2D eigenvalue weighted by Gasteiger charge is 2.02. The van der Waals surface area contributed by atoms with Gasteiger partial charge in [-0.25, -0.2) is 0 Å². The number of rotatable bonds is 7. The molecule has 0 aliphatic heterocycles. The Balaban J connectivity index is 3.22. The van der Waals surface area contributed by atoms with E-state index in [9.17, 15) is 4.79 Å². The van der Waals surface area contributed by atoms with E-state index < -0.39 is 0 Å². The van der Waals surface area contributed by atoms with Crippen LogP contribution in [-0.2, 0) is 9.53 Å². The zero-order valence-corrected chi connectivity index (χ0v) is 8.22. The van der Waals surface area contributed by atoms with Gasteiger partial charge in [-0.05, 0) is 33.9 Å². The summed E-state index contributed by atoms with van der Waals surface area (Å²) in [5.74, 6) is 0.193. The molecule has 1 N–H and O–H groups in total. The molecular weight excluding hydrogens is 154 g/mol. The number of carbonyl (C=O) groups is 1. The van der Waals surface area contributed by atoms with Gasteiger partial charge in [0.1, 0.15) is 6.61 Å². The molecule has 0 aromatic carbocycles. The van der Waals surface area contributed by atoms with Gasteiger partial charge >= 0.3 is 0 Å². The molecule has 0 bridgehead atoms. The zero-order valence-electron chi connectivity index (χ0n) is 8.22. The van der Waals surface area contributed by atoms with E-state index in [4.69, 9.17) is 4.74 Å². The highest BCUT2D eigenvalue weighted by atomic mass is 16.5. The summed E-state index contributed by atoms with van der Waals surface area (Å²) < 4.78 is 5.16. The molecule has 72 valence electrons. The van der Waals surface area contributed by atoms with E-state index in [-0.39, 0.29) is 18.5 Å². The summed E-state index contributed by atoms with van der Waals surface area (Å²) in [7, 11) is 1.88. The Morgan fingerprint density at radius 3 is 2.67 bits per heavy atom. The largest absolute Gasteiger partial charge is 0.371 e. The van der Waals surface area contributed by atoms with Crippen LogP contribution in [0.25, 0.3) is 0 Å². The Morgan fingerprint density at radius 2 is 2.17 bits per heavy atom. The lowest BCUT2D eigenvalue weighted by molar-refractivity contribution is -0.125. The number of hydrogen-bond acceptors (Lipinski definition) is 3. The second-order valence-corrected chi connectivity index (χ2v) is 3.11. The first kappa shape index (κ1) is 11.6. The van der Waals surface area contributed by atoms with Gasteiger partial charge < -0.3 is 10.1 Å². The highest BCUT2D eigenvalue weighted by Crippen LogP contribution is 1.93. The van der Waals surface area contributed by atoms with E-state index in [1.165, 1.54) is 0 Å². The van der Waals surface area contributed by atoms with E-state index in [1.54, 1.807) is 0 Å². The Labute approximate surface area is 74.5 Å². The molecule has 0 atom stereocenters. The number of ether oxygens (including phenoxy) is 1.